The quantitative estimate of drug-likeness (QED) is 0.790. The van der Waals surface area contributed by atoms with Crippen LogP contribution in [0.4, 0.5) is 0 Å². The molecule has 0 spiro atoms. The van der Waals surface area contributed by atoms with Crippen molar-refractivity contribution >= 4 is 0 Å². The second-order valence-electron chi connectivity index (χ2n) is 4.75. The Morgan fingerprint density at radius 3 is 2.59 bits per heavy atom. The van der Waals surface area contributed by atoms with Crippen LogP contribution in [0.1, 0.15) is 30.0 Å². The van der Waals surface area contributed by atoms with Gasteiger partial charge in [-0.15, -0.1) is 0 Å². The van der Waals surface area contributed by atoms with Gasteiger partial charge in [-0.2, -0.15) is 0 Å². The molecule has 0 radical (unpaired) electrons. The van der Waals surface area contributed by atoms with Gasteiger partial charge in [0.1, 0.15) is 0 Å². The molecule has 17 heavy (non-hydrogen) atoms. The molecular weight excluding hydrogens is 212 g/mol. The van der Waals surface area contributed by atoms with Crippen molar-refractivity contribution in [3.8, 4) is 0 Å². The summed E-state index contributed by atoms with van der Waals surface area (Å²) in [6.07, 6.45) is 2.45. The molecule has 88 valence electrons. The first-order valence-electron chi connectivity index (χ1n) is 6.06. The molecule has 0 atom stereocenters. The van der Waals surface area contributed by atoms with E-state index in [2.05, 4.69) is 12.1 Å². The highest BCUT2D eigenvalue weighted by Gasteiger charge is 2.27. The molecule has 3 heteroatoms. The molecule has 0 bridgehead atoms. The van der Waals surface area contributed by atoms with Crippen LogP contribution in [0.3, 0.4) is 0 Å². The summed E-state index contributed by atoms with van der Waals surface area (Å²) in [6, 6.07) is 11.9. The molecular formula is C14H16N2O. The third kappa shape index (κ3) is 1.93. The minimum absolute atomic E-state index is 0.109. The van der Waals surface area contributed by atoms with Gasteiger partial charge in [-0.1, -0.05) is 30.3 Å². The topological polar surface area (TPSA) is 26.9 Å². The minimum Gasteiger partial charge on any atom is -0.289 e. The number of nitrogens with zero attached hydrogens (tertiary/aromatic N) is 2. The van der Waals surface area contributed by atoms with Crippen LogP contribution in [0.5, 0.6) is 0 Å². The molecule has 0 amide bonds. The predicted octanol–water partition coefficient (Wildman–Crippen LogP) is 2.11. The first kappa shape index (κ1) is 10.4. The van der Waals surface area contributed by atoms with Crippen LogP contribution in [0, 0.1) is 0 Å². The largest absolute Gasteiger partial charge is 0.289 e. The van der Waals surface area contributed by atoms with Crippen LogP contribution in [-0.2, 0) is 13.6 Å². The highest BCUT2D eigenvalue weighted by atomic mass is 16.1. The maximum Gasteiger partial charge on any atom is 0.267 e. The number of hydrogen-bond donors (Lipinski definition) is 0. The van der Waals surface area contributed by atoms with Gasteiger partial charge in [0.25, 0.3) is 5.56 Å². The lowest BCUT2D eigenvalue weighted by Crippen LogP contribution is -2.22. The van der Waals surface area contributed by atoms with Gasteiger partial charge in [0.15, 0.2) is 0 Å². The molecule has 0 aliphatic heterocycles. The van der Waals surface area contributed by atoms with E-state index in [1.807, 2.05) is 34.6 Å². The summed E-state index contributed by atoms with van der Waals surface area (Å²) in [5.74, 6) is 0.615. The molecule has 0 saturated heterocycles. The fourth-order valence-electron chi connectivity index (χ4n) is 2.28. The fraction of sp³-hybridized carbons (Fsp3) is 0.357. The van der Waals surface area contributed by atoms with Gasteiger partial charge < -0.3 is 0 Å². The monoisotopic (exact) mass is 228 g/mol. The summed E-state index contributed by atoms with van der Waals surface area (Å²) in [7, 11) is 1.98. The Bertz CT molecular complexity index is 576. The SMILES string of the molecule is Cn1c(C2CC2)cc(=O)n1Cc1ccccc1. The van der Waals surface area contributed by atoms with E-state index in [1.165, 1.54) is 18.5 Å². The molecule has 1 aromatic carbocycles. The van der Waals surface area contributed by atoms with Crippen LogP contribution in [0.15, 0.2) is 41.2 Å². The maximum absolute atomic E-state index is 11.9. The zero-order chi connectivity index (χ0) is 11.8. The Hall–Kier alpha value is -1.77. The molecule has 1 saturated carbocycles. The van der Waals surface area contributed by atoms with Crippen LogP contribution < -0.4 is 5.56 Å². The van der Waals surface area contributed by atoms with E-state index in [-0.39, 0.29) is 5.56 Å². The average molecular weight is 228 g/mol. The van der Waals surface area contributed by atoms with Crippen LogP contribution in [0.25, 0.3) is 0 Å². The number of hydrogen-bond acceptors (Lipinski definition) is 1. The van der Waals surface area contributed by atoms with Crippen LogP contribution >= 0.6 is 0 Å². The highest BCUT2D eigenvalue weighted by molar-refractivity contribution is 5.18. The lowest BCUT2D eigenvalue weighted by Gasteiger charge is -2.09. The van der Waals surface area contributed by atoms with E-state index >= 15 is 0 Å². The smallest absolute Gasteiger partial charge is 0.267 e. The van der Waals surface area contributed by atoms with Crippen molar-refractivity contribution < 1.29 is 0 Å². The van der Waals surface area contributed by atoms with Crippen LogP contribution in [0.2, 0.25) is 0 Å². The van der Waals surface area contributed by atoms with Gasteiger partial charge in [0.05, 0.1) is 6.54 Å². The molecule has 1 aromatic heterocycles. The summed E-state index contributed by atoms with van der Waals surface area (Å²) in [5.41, 5.74) is 2.46. The van der Waals surface area contributed by atoms with Crippen molar-refractivity contribution in [2.24, 2.45) is 7.05 Å². The standard InChI is InChI=1S/C14H16N2O/c1-15-13(12-7-8-12)9-14(17)16(15)10-11-5-3-2-4-6-11/h2-6,9,12H,7-8,10H2,1H3. The summed E-state index contributed by atoms with van der Waals surface area (Å²) >= 11 is 0. The van der Waals surface area contributed by atoms with Gasteiger partial charge in [0.2, 0.25) is 0 Å². The number of rotatable bonds is 3. The van der Waals surface area contributed by atoms with Gasteiger partial charge in [-0.05, 0) is 18.4 Å². The Balaban J connectivity index is 1.95. The zero-order valence-corrected chi connectivity index (χ0v) is 9.97. The van der Waals surface area contributed by atoms with Crippen molar-refractivity contribution in [1.29, 1.82) is 0 Å². The lowest BCUT2D eigenvalue weighted by molar-refractivity contribution is 0.518. The molecule has 1 aliphatic rings. The van der Waals surface area contributed by atoms with Gasteiger partial charge >= 0.3 is 0 Å². The molecule has 1 aliphatic carbocycles. The number of benzene rings is 1. The normalized spacial score (nSPS) is 15.1. The van der Waals surface area contributed by atoms with E-state index in [0.29, 0.717) is 12.5 Å². The lowest BCUT2D eigenvalue weighted by atomic mass is 10.2. The molecule has 3 rings (SSSR count). The number of aromatic nitrogens is 2. The highest BCUT2D eigenvalue weighted by Crippen LogP contribution is 2.39. The zero-order valence-electron chi connectivity index (χ0n) is 9.97. The Labute approximate surface area is 100 Å². The molecule has 0 unspecified atom stereocenters. The second kappa shape index (κ2) is 3.91. The van der Waals surface area contributed by atoms with Crippen molar-refractivity contribution in [1.82, 2.24) is 9.36 Å². The minimum atomic E-state index is 0.109. The second-order valence-corrected chi connectivity index (χ2v) is 4.75. The fourth-order valence-corrected chi connectivity index (χ4v) is 2.28. The van der Waals surface area contributed by atoms with E-state index in [9.17, 15) is 4.79 Å². The van der Waals surface area contributed by atoms with Crippen molar-refractivity contribution in [3.63, 3.8) is 0 Å². The summed E-state index contributed by atoms with van der Waals surface area (Å²) in [5, 5.41) is 0. The van der Waals surface area contributed by atoms with Gasteiger partial charge in [-0.3, -0.25) is 9.48 Å². The molecule has 2 aromatic rings. The van der Waals surface area contributed by atoms with Gasteiger partial charge in [-0.25, -0.2) is 4.68 Å². The van der Waals surface area contributed by atoms with Crippen molar-refractivity contribution in [3.05, 3.63) is 58.0 Å². The first-order valence-corrected chi connectivity index (χ1v) is 6.06. The molecule has 1 heterocycles. The van der Waals surface area contributed by atoms with Crippen molar-refractivity contribution in [2.45, 2.75) is 25.3 Å². The Morgan fingerprint density at radius 1 is 1.24 bits per heavy atom. The van der Waals surface area contributed by atoms with E-state index in [1.54, 1.807) is 6.07 Å². The van der Waals surface area contributed by atoms with Gasteiger partial charge in [0, 0.05) is 24.7 Å². The third-order valence-corrected chi connectivity index (χ3v) is 3.43. The molecule has 3 nitrogen and oxygen atoms in total. The van der Waals surface area contributed by atoms with Crippen molar-refractivity contribution in [2.75, 3.05) is 0 Å². The Morgan fingerprint density at radius 2 is 1.94 bits per heavy atom. The summed E-state index contributed by atoms with van der Waals surface area (Å²) in [6.45, 7) is 0.656. The first-order chi connectivity index (χ1) is 8.25. The summed E-state index contributed by atoms with van der Waals surface area (Å²) < 4.78 is 3.83. The molecule has 0 N–H and O–H groups in total. The Kier molecular flexibility index (Phi) is 2.39. The van der Waals surface area contributed by atoms with Crippen LogP contribution in [-0.4, -0.2) is 9.36 Å². The maximum atomic E-state index is 11.9. The summed E-state index contributed by atoms with van der Waals surface area (Å²) in [4.78, 5) is 11.9. The third-order valence-electron chi connectivity index (χ3n) is 3.43. The van der Waals surface area contributed by atoms with E-state index in [0.717, 1.165) is 5.56 Å². The predicted molar refractivity (Wildman–Crippen MR) is 67.2 cm³/mol. The van der Waals surface area contributed by atoms with E-state index < -0.39 is 0 Å². The molecule has 1 fully saturated rings. The average Bonchev–Trinajstić information content (AvgIpc) is 3.13. The van der Waals surface area contributed by atoms with E-state index in [4.69, 9.17) is 0 Å².